The molecule has 8 nitrogen and oxygen atoms in total. The van der Waals surface area contributed by atoms with Crippen LogP contribution < -0.4 is 20.4 Å². The fraction of sp³-hybridized carbons (Fsp3) is 0.500. The molecule has 4 rings (SSSR count). The van der Waals surface area contributed by atoms with E-state index in [0.29, 0.717) is 37.3 Å². The zero-order chi connectivity index (χ0) is 20.8. The van der Waals surface area contributed by atoms with Gasteiger partial charge in [0.1, 0.15) is 11.5 Å². The quantitative estimate of drug-likeness (QED) is 0.670. The van der Waals surface area contributed by atoms with Crippen LogP contribution in [0.25, 0.3) is 0 Å². The average Bonchev–Trinajstić information content (AvgIpc) is 2.77. The minimum Gasteiger partial charge on any atom is -0.378 e. The van der Waals surface area contributed by atoms with E-state index in [4.69, 9.17) is 9.72 Å². The Hall–Kier alpha value is -2.71. The van der Waals surface area contributed by atoms with Crippen LogP contribution in [0.1, 0.15) is 16.1 Å². The second-order valence-corrected chi connectivity index (χ2v) is 7.90. The number of rotatable bonds is 8. The minimum absolute atomic E-state index is 0.142. The zero-order valence-electron chi connectivity index (χ0n) is 17.5. The van der Waals surface area contributed by atoms with Gasteiger partial charge in [0.2, 0.25) is 5.95 Å². The molecule has 1 aromatic carbocycles. The molecule has 1 amide bonds. The normalized spacial score (nSPS) is 16.8. The molecule has 2 fully saturated rings. The van der Waals surface area contributed by atoms with E-state index in [2.05, 4.69) is 32.7 Å². The van der Waals surface area contributed by atoms with Crippen LogP contribution in [-0.2, 0) is 11.2 Å². The van der Waals surface area contributed by atoms with Crippen LogP contribution in [0.15, 0.2) is 36.4 Å². The Balaban J connectivity index is 1.50. The fourth-order valence-electron chi connectivity index (χ4n) is 3.53. The lowest BCUT2D eigenvalue weighted by Gasteiger charge is -2.29. The minimum atomic E-state index is -0.142. The molecule has 2 aliphatic rings. The first-order valence-electron chi connectivity index (χ1n) is 10.6. The van der Waals surface area contributed by atoms with E-state index in [1.165, 1.54) is 5.56 Å². The van der Waals surface area contributed by atoms with Crippen molar-refractivity contribution in [3.8, 4) is 0 Å². The molecule has 2 saturated heterocycles. The van der Waals surface area contributed by atoms with Gasteiger partial charge in [0.25, 0.3) is 5.91 Å². The van der Waals surface area contributed by atoms with Gasteiger partial charge >= 0.3 is 0 Å². The number of benzene rings is 1. The van der Waals surface area contributed by atoms with Crippen molar-refractivity contribution >= 4 is 17.7 Å². The Morgan fingerprint density at radius 3 is 2.70 bits per heavy atom. The van der Waals surface area contributed by atoms with Gasteiger partial charge in [-0.15, -0.1) is 0 Å². The summed E-state index contributed by atoms with van der Waals surface area (Å²) in [6.45, 7) is 6.21. The molecule has 8 heteroatoms. The third kappa shape index (κ3) is 5.25. The van der Waals surface area contributed by atoms with Gasteiger partial charge in [-0.2, -0.15) is 4.98 Å². The summed E-state index contributed by atoms with van der Waals surface area (Å²) in [4.78, 5) is 26.3. The van der Waals surface area contributed by atoms with Crippen LogP contribution >= 0.6 is 0 Å². The molecule has 0 atom stereocenters. The highest BCUT2D eigenvalue weighted by Crippen LogP contribution is 2.19. The Morgan fingerprint density at radius 2 is 2.00 bits per heavy atom. The number of carbonyl (C=O) groups excluding carboxylic acids is 1. The number of aromatic nitrogens is 2. The van der Waals surface area contributed by atoms with Gasteiger partial charge < -0.3 is 25.2 Å². The first kappa shape index (κ1) is 20.6. The number of amides is 1. The third-order valence-corrected chi connectivity index (χ3v) is 5.61. The Labute approximate surface area is 177 Å². The molecule has 0 saturated carbocycles. The molecule has 2 N–H and O–H groups in total. The van der Waals surface area contributed by atoms with Gasteiger partial charge in [0, 0.05) is 58.3 Å². The molecule has 0 unspecified atom stereocenters. The maximum atomic E-state index is 12.8. The van der Waals surface area contributed by atoms with Crippen molar-refractivity contribution < 1.29 is 9.53 Å². The lowest BCUT2D eigenvalue weighted by atomic mass is 10.0. The Morgan fingerprint density at radius 1 is 1.23 bits per heavy atom. The van der Waals surface area contributed by atoms with Crippen LogP contribution in [0, 0.1) is 5.92 Å². The average molecular weight is 411 g/mol. The zero-order valence-corrected chi connectivity index (χ0v) is 17.5. The number of likely N-dealkylation sites (N-methyl/N-ethyl adjacent to an activating group) is 1. The van der Waals surface area contributed by atoms with Crippen LogP contribution in [0.4, 0.5) is 11.8 Å². The highest BCUT2D eigenvalue weighted by molar-refractivity contribution is 5.93. The number of morpholine rings is 1. The molecule has 2 aliphatic heterocycles. The third-order valence-electron chi connectivity index (χ3n) is 5.61. The number of ether oxygens (including phenoxy) is 1. The number of anilines is 2. The topological polar surface area (TPSA) is 82.6 Å². The van der Waals surface area contributed by atoms with Crippen molar-refractivity contribution in [3.05, 3.63) is 47.7 Å². The molecule has 3 heterocycles. The maximum Gasteiger partial charge on any atom is 0.270 e. The van der Waals surface area contributed by atoms with E-state index >= 15 is 0 Å². The molecule has 0 radical (unpaired) electrons. The highest BCUT2D eigenvalue weighted by atomic mass is 16.5. The highest BCUT2D eigenvalue weighted by Gasteiger charge is 2.21. The maximum absolute atomic E-state index is 12.8. The predicted octanol–water partition coefficient (Wildman–Crippen LogP) is 0.941. The molecular formula is C22H30N6O2. The smallest absolute Gasteiger partial charge is 0.270 e. The standard InChI is InChI=1S/C22H30N6O2/c1-27(8-7-17-5-3-2-4-6-17)22-25-19(21(29)24-16-18-14-23-15-18)13-20(26-22)28-9-11-30-12-10-28/h2-6,13,18,23H,7-12,14-16H2,1H3,(H,24,29). The van der Waals surface area contributed by atoms with E-state index in [1.54, 1.807) is 6.07 Å². The van der Waals surface area contributed by atoms with Crippen molar-refractivity contribution in [1.82, 2.24) is 20.6 Å². The first-order chi connectivity index (χ1) is 14.7. The molecule has 0 spiro atoms. The summed E-state index contributed by atoms with van der Waals surface area (Å²) in [6, 6.07) is 12.1. The van der Waals surface area contributed by atoms with Gasteiger partial charge in [-0.25, -0.2) is 4.98 Å². The SMILES string of the molecule is CN(CCc1ccccc1)c1nc(C(=O)NCC2CNC2)cc(N2CCOCC2)n1. The molecule has 0 bridgehead atoms. The van der Waals surface area contributed by atoms with Gasteiger partial charge in [0.15, 0.2) is 0 Å². The molecular weight excluding hydrogens is 380 g/mol. The lowest BCUT2D eigenvalue weighted by Crippen LogP contribution is -2.48. The first-order valence-corrected chi connectivity index (χ1v) is 10.6. The largest absolute Gasteiger partial charge is 0.378 e. The second-order valence-electron chi connectivity index (χ2n) is 7.90. The summed E-state index contributed by atoms with van der Waals surface area (Å²) in [7, 11) is 1.98. The van der Waals surface area contributed by atoms with Crippen molar-refractivity contribution in [2.75, 3.05) is 69.3 Å². The summed E-state index contributed by atoms with van der Waals surface area (Å²) < 4.78 is 5.47. The van der Waals surface area contributed by atoms with Crippen molar-refractivity contribution in [2.24, 2.45) is 5.92 Å². The van der Waals surface area contributed by atoms with E-state index in [1.807, 2.05) is 30.1 Å². The van der Waals surface area contributed by atoms with Crippen molar-refractivity contribution in [3.63, 3.8) is 0 Å². The monoisotopic (exact) mass is 410 g/mol. The van der Waals surface area contributed by atoms with Gasteiger partial charge in [-0.3, -0.25) is 4.79 Å². The summed E-state index contributed by atoms with van der Waals surface area (Å²) in [5, 5.41) is 6.25. The number of nitrogens with zero attached hydrogens (tertiary/aromatic N) is 4. The second kappa shape index (κ2) is 9.86. The van der Waals surface area contributed by atoms with Gasteiger partial charge in [-0.05, 0) is 12.0 Å². The van der Waals surface area contributed by atoms with Gasteiger partial charge in [0.05, 0.1) is 13.2 Å². The molecule has 160 valence electrons. The van der Waals surface area contributed by atoms with Crippen molar-refractivity contribution in [1.29, 1.82) is 0 Å². The molecule has 30 heavy (non-hydrogen) atoms. The molecule has 2 aromatic rings. The number of hydrogen-bond acceptors (Lipinski definition) is 7. The van der Waals surface area contributed by atoms with E-state index < -0.39 is 0 Å². The van der Waals surface area contributed by atoms with Gasteiger partial charge in [-0.1, -0.05) is 30.3 Å². The molecule has 0 aliphatic carbocycles. The Bertz CT molecular complexity index is 837. The summed E-state index contributed by atoms with van der Waals surface area (Å²) in [5.41, 5.74) is 1.68. The van der Waals surface area contributed by atoms with Crippen LogP contribution in [0.2, 0.25) is 0 Å². The van der Waals surface area contributed by atoms with Crippen LogP contribution in [-0.4, -0.2) is 75.4 Å². The summed E-state index contributed by atoms with van der Waals surface area (Å²) in [6.07, 6.45) is 0.888. The van der Waals surface area contributed by atoms with E-state index in [-0.39, 0.29) is 5.91 Å². The van der Waals surface area contributed by atoms with E-state index in [0.717, 1.165) is 45.0 Å². The number of nitrogens with one attached hydrogen (secondary N) is 2. The number of carbonyl (C=O) groups is 1. The number of hydrogen-bond donors (Lipinski definition) is 2. The van der Waals surface area contributed by atoms with Crippen molar-refractivity contribution in [2.45, 2.75) is 6.42 Å². The summed E-state index contributed by atoms with van der Waals surface area (Å²) >= 11 is 0. The lowest BCUT2D eigenvalue weighted by molar-refractivity contribution is 0.0937. The Kier molecular flexibility index (Phi) is 6.76. The summed E-state index contributed by atoms with van der Waals surface area (Å²) in [5.74, 6) is 1.72. The van der Waals surface area contributed by atoms with Crippen LogP contribution in [0.3, 0.4) is 0 Å². The predicted molar refractivity (Wildman–Crippen MR) is 117 cm³/mol. The van der Waals surface area contributed by atoms with Crippen LogP contribution in [0.5, 0.6) is 0 Å². The molecule has 1 aromatic heterocycles. The fourth-order valence-corrected chi connectivity index (χ4v) is 3.53. The van der Waals surface area contributed by atoms with E-state index in [9.17, 15) is 4.79 Å².